The number of hydrogen-bond acceptors (Lipinski definition) is 4. The number of nitro groups is 1. The Morgan fingerprint density at radius 3 is 2.70 bits per heavy atom. The maximum atomic E-state index is 13.2. The molecule has 0 aliphatic carbocycles. The van der Waals surface area contributed by atoms with Crippen molar-refractivity contribution in [2.45, 2.75) is 25.7 Å². The first-order valence-electron chi connectivity index (χ1n) is 6.31. The van der Waals surface area contributed by atoms with Crippen molar-refractivity contribution in [3.8, 4) is 0 Å². The SMILES string of the molecule is NCCCCC(Cc1cc(F)ccc1[N+](=O)[O-])C(=O)O. The summed E-state index contributed by atoms with van der Waals surface area (Å²) in [5.74, 6) is -2.43. The smallest absolute Gasteiger partial charge is 0.306 e. The molecule has 0 aliphatic heterocycles. The second-order valence-electron chi connectivity index (χ2n) is 4.55. The van der Waals surface area contributed by atoms with Crippen LogP contribution < -0.4 is 5.73 Å². The highest BCUT2D eigenvalue weighted by Gasteiger charge is 2.23. The van der Waals surface area contributed by atoms with E-state index in [2.05, 4.69) is 0 Å². The van der Waals surface area contributed by atoms with Gasteiger partial charge < -0.3 is 10.8 Å². The fraction of sp³-hybridized carbons (Fsp3) is 0.462. The van der Waals surface area contributed by atoms with E-state index in [1.807, 2.05) is 0 Å². The molecule has 1 unspecified atom stereocenters. The topological polar surface area (TPSA) is 106 Å². The second-order valence-corrected chi connectivity index (χ2v) is 4.55. The van der Waals surface area contributed by atoms with Crippen LogP contribution in [0.5, 0.6) is 0 Å². The Kier molecular flexibility index (Phi) is 6.05. The van der Waals surface area contributed by atoms with Crippen LogP contribution in [0.1, 0.15) is 24.8 Å². The number of nitrogens with two attached hydrogens (primary N) is 1. The van der Waals surface area contributed by atoms with E-state index < -0.39 is 22.6 Å². The van der Waals surface area contributed by atoms with Crippen LogP contribution in [0.4, 0.5) is 10.1 Å². The van der Waals surface area contributed by atoms with Gasteiger partial charge in [-0.25, -0.2) is 4.39 Å². The van der Waals surface area contributed by atoms with Crippen LogP contribution in [0.15, 0.2) is 18.2 Å². The number of carboxylic acids is 1. The van der Waals surface area contributed by atoms with Gasteiger partial charge in [-0.1, -0.05) is 6.42 Å². The predicted octanol–water partition coefficient (Wildman–Crippen LogP) is 2.11. The van der Waals surface area contributed by atoms with Gasteiger partial charge in [0.25, 0.3) is 5.69 Å². The molecular weight excluding hydrogens is 267 g/mol. The van der Waals surface area contributed by atoms with Gasteiger partial charge in [-0.15, -0.1) is 0 Å². The lowest BCUT2D eigenvalue weighted by Crippen LogP contribution is -2.17. The first-order valence-corrected chi connectivity index (χ1v) is 6.31. The summed E-state index contributed by atoms with van der Waals surface area (Å²) in [6, 6.07) is 3.08. The lowest BCUT2D eigenvalue weighted by Gasteiger charge is -2.12. The monoisotopic (exact) mass is 284 g/mol. The largest absolute Gasteiger partial charge is 0.481 e. The van der Waals surface area contributed by atoms with Gasteiger partial charge in [0.2, 0.25) is 0 Å². The molecule has 1 atom stereocenters. The zero-order valence-corrected chi connectivity index (χ0v) is 10.9. The quantitative estimate of drug-likeness (QED) is 0.432. The summed E-state index contributed by atoms with van der Waals surface area (Å²) in [6.07, 6.45) is 1.61. The van der Waals surface area contributed by atoms with Crippen molar-refractivity contribution in [1.82, 2.24) is 0 Å². The number of carbonyl (C=O) groups is 1. The molecule has 0 heterocycles. The Morgan fingerprint density at radius 1 is 1.45 bits per heavy atom. The third kappa shape index (κ3) is 4.58. The molecule has 3 N–H and O–H groups in total. The average molecular weight is 284 g/mol. The van der Waals surface area contributed by atoms with Gasteiger partial charge in [-0.2, -0.15) is 0 Å². The first kappa shape index (κ1) is 16.0. The van der Waals surface area contributed by atoms with Crippen LogP contribution in [0, 0.1) is 21.8 Å². The van der Waals surface area contributed by atoms with Crippen LogP contribution in [0.25, 0.3) is 0 Å². The summed E-state index contributed by atoms with van der Waals surface area (Å²) in [4.78, 5) is 21.4. The second kappa shape index (κ2) is 7.54. The Balaban J connectivity index is 2.89. The molecule has 0 spiro atoms. The minimum Gasteiger partial charge on any atom is -0.481 e. The van der Waals surface area contributed by atoms with Crippen LogP contribution in [0.3, 0.4) is 0 Å². The number of carboxylic acid groups (broad SMARTS) is 1. The van der Waals surface area contributed by atoms with Crippen LogP contribution in [0.2, 0.25) is 0 Å². The molecule has 0 radical (unpaired) electrons. The Morgan fingerprint density at radius 2 is 2.15 bits per heavy atom. The highest BCUT2D eigenvalue weighted by Crippen LogP contribution is 2.24. The molecule has 7 heteroatoms. The fourth-order valence-corrected chi connectivity index (χ4v) is 2.01. The molecule has 0 saturated heterocycles. The number of halogens is 1. The van der Waals surface area contributed by atoms with Crippen LogP contribution >= 0.6 is 0 Å². The maximum absolute atomic E-state index is 13.2. The van der Waals surface area contributed by atoms with Crippen molar-refractivity contribution in [3.63, 3.8) is 0 Å². The standard InChI is InChI=1S/C13H17FN2O4/c14-11-4-5-12(16(19)20)10(8-11)7-9(13(17)18)3-1-2-6-15/h4-5,8-9H,1-3,6-7,15H2,(H,17,18). The van der Waals surface area contributed by atoms with Crippen molar-refractivity contribution < 1.29 is 19.2 Å². The van der Waals surface area contributed by atoms with Gasteiger partial charge in [0.1, 0.15) is 5.82 Å². The van der Waals surface area contributed by atoms with E-state index in [-0.39, 0.29) is 17.7 Å². The molecular formula is C13H17FN2O4. The molecule has 0 saturated carbocycles. The highest BCUT2D eigenvalue weighted by molar-refractivity contribution is 5.70. The Labute approximate surface area is 115 Å². The Bertz CT molecular complexity index is 493. The number of nitrogens with zero attached hydrogens (tertiary/aromatic N) is 1. The van der Waals surface area contributed by atoms with Crippen molar-refractivity contribution in [1.29, 1.82) is 0 Å². The van der Waals surface area contributed by atoms with Gasteiger partial charge in [0, 0.05) is 11.6 Å². The average Bonchev–Trinajstić information content (AvgIpc) is 2.37. The molecule has 1 rings (SSSR count). The zero-order chi connectivity index (χ0) is 15.1. The number of rotatable bonds is 8. The van der Waals surface area contributed by atoms with E-state index in [4.69, 9.17) is 10.8 Å². The van der Waals surface area contributed by atoms with Crippen molar-refractivity contribution >= 4 is 11.7 Å². The molecule has 0 amide bonds. The van der Waals surface area contributed by atoms with Crippen molar-refractivity contribution in [2.24, 2.45) is 11.7 Å². The molecule has 0 aromatic heterocycles. The highest BCUT2D eigenvalue weighted by atomic mass is 19.1. The lowest BCUT2D eigenvalue weighted by molar-refractivity contribution is -0.385. The van der Waals surface area contributed by atoms with E-state index in [1.165, 1.54) is 0 Å². The predicted molar refractivity (Wildman–Crippen MR) is 70.8 cm³/mol. The summed E-state index contributed by atoms with van der Waals surface area (Å²) in [7, 11) is 0. The minimum absolute atomic E-state index is 0.0615. The van der Waals surface area contributed by atoms with Gasteiger partial charge in [-0.05, 0) is 37.9 Å². The van der Waals surface area contributed by atoms with Crippen molar-refractivity contribution in [3.05, 3.63) is 39.7 Å². The lowest BCUT2D eigenvalue weighted by atomic mass is 9.93. The molecule has 1 aromatic carbocycles. The van der Waals surface area contributed by atoms with E-state index in [9.17, 15) is 19.3 Å². The van der Waals surface area contributed by atoms with E-state index in [0.717, 1.165) is 18.2 Å². The molecule has 0 bridgehead atoms. The number of nitro benzene ring substituents is 1. The third-order valence-electron chi connectivity index (χ3n) is 3.06. The van der Waals surface area contributed by atoms with E-state index >= 15 is 0 Å². The van der Waals surface area contributed by atoms with E-state index in [1.54, 1.807) is 0 Å². The van der Waals surface area contributed by atoms with Gasteiger partial charge in [0.15, 0.2) is 0 Å². The minimum atomic E-state index is -1.04. The number of unbranched alkanes of at least 4 members (excludes halogenated alkanes) is 1. The first-order chi connectivity index (χ1) is 9.45. The fourth-order valence-electron chi connectivity index (χ4n) is 2.01. The van der Waals surface area contributed by atoms with Gasteiger partial charge in [0.05, 0.1) is 10.8 Å². The molecule has 110 valence electrons. The summed E-state index contributed by atoms with van der Waals surface area (Å²) in [6.45, 7) is 0.465. The normalized spacial score (nSPS) is 12.1. The van der Waals surface area contributed by atoms with Gasteiger partial charge in [-0.3, -0.25) is 14.9 Å². The van der Waals surface area contributed by atoms with E-state index in [0.29, 0.717) is 25.8 Å². The number of benzene rings is 1. The van der Waals surface area contributed by atoms with Crippen molar-refractivity contribution in [2.75, 3.05) is 6.54 Å². The Hall–Kier alpha value is -2.02. The van der Waals surface area contributed by atoms with Gasteiger partial charge >= 0.3 is 5.97 Å². The number of aliphatic carboxylic acids is 1. The molecule has 1 aromatic rings. The number of hydrogen-bond donors (Lipinski definition) is 2. The molecule has 6 nitrogen and oxygen atoms in total. The maximum Gasteiger partial charge on any atom is 0.306 e. The molecule has 20 heavy (non-hydrogen) atoms. The third-order valence-corrected chi connectivity index (χ3v) is 3.06. The molecule has 0 fully saturated rings. The summed E-state index contributed by atoms with van der Waals surface area (Å²) >= 11 is 0. The zero-order valence-electron chi connectivity index (χ0n) is 10.9. The van der Waals surface area contributed by atoms with Crippen LogP contribution in [-0.4, -0.2) is 22.5 Å². The van der Waals surface area contributed by atoms with Crippen LogP contribution in [-0.2, 0) is 11.2 Å². The summed E-state index contributed by atoms with van der Waals surface area (Å²) in [5, 5.41) is 20.0. The summed E-state index contributed by atoms with van der Waals surface area (Å²) < 4.78 is 13.2. The summed E-state index contributed by atoms with van der Waals surface area (Å²) in [5.41, 5.74) is 5.19. The molecule has 0 aliphatic rings.